The second-order valence-electron chi connectivity index (χ2n) is 25.6. The van der Waals surface area contributed by atoms with Gasteiger partial charge in [0.2, 0.25) is 5.91 Å². The van der Waals surface area contributed by atoms with Gasteiger partial charge in [0.15, 0.2) is 0 Å². The van der Waals surface area contributed by atoms with E-state index in [0.717, 1.165) is 38.5 Å². The van der Waals surface area contributed by atoms with Gasteiger partial charge in [0.1, 0.15) is 13.2 Å². The molecule has 0 aliphatic carbocycles. The summed E-state index contributed by atoms with van der Waals surface area (Å²) in [6.07, 6.45) is 80.3. The molecule has 0 aliphatic heterocycles. The molecule has 3 unspecified atom stereocenters. The summed E-state index contributed by atoms with van der Waals surface area (Å²) < 4.78 is 23.4. The van der Waals surface area contributed by atoms with E-state index in [4.69, 9.17) is 9.05 Å². The lowest BCUT2D eigenvalue weighted by atomic mass is 10.0. The number of allylic oxidation sites excluding steroid dienone is 3. The van der Waals surface area contributed by atoms with E-state index >= 15 is 0 Å². The minimum Gasteiger partial charge on any atom is -0.756 e. The van der Waals surface area contributed by atoms with Crippen LogP contribution in [0.2, 0.25) is 0 Å². The molecule has 79 heavy (non-hydrogen) atoms. The van der Waals surface area contributed by atoms with Crippen LogP contribution in [0.4, 0.5) is 0 Å². The van der Waals surface area contributed by atoms with Crippen LogP contribution in [0.1, 0.15) is 367 Å². The zero-order chi connectivity index (χ0) is 57.7. The number of hydrogen-bond donors (Lipinski definition) is 2. The van der Waals surface area contributed by atoms with Gasteiger partial charge in [-0.1, -0.05) is 353 Å². The van der Waals surface area contributed by atoms with Gasteiger partial charge in [-0.3, -0.25) is 9.36 Å². The number of carbonyl (C=O) groups excluding carboxylic acids is 1. The van der Waals surface area contributed by atoms with Crippen molar-refractivity contribution in [2.24, 2.45) is 0 Å². The van der Waals surface area contributed by atoms with Crippen LogP contribution in [0.15, 0.2) is 24.3 Å². The van der Waals surface area contributed by atoms with Crippen LogP contribution in [0.3, 0.4) is 0 Å². The number of aliphatic hydroxyl groups excluding tert-OH is 1. The summed E-state index contributed by atoms with van der Waals surface area (Å²) in [7, 11) is 1.26. The number of likely N-dealkylation sites (N-methyl/N-ethyl adjacent to an activating group) is 1. The minimum absolute atomic E-state index is 0.00347. The molecule has 0 saturated carbocycles. The summed E-state index contributed by atoms with van der Waals surface area (Å²) >= 11 is 0. The van der Waals surface area contributed by atoms with E-state index in [-0.39, 0.29) is 19.1 Å². The first-order chi connectivity index (χ1) is 38.5. The fourth-order valence-electron chi connectivity index (χ4n) is 10.9. The second-order valence-corrected chi connectivity index (χ2v) is 27.0. The molecule has 0 heterocycles. The van der Waals surface area contributed by atoms with Gasteiger partial charge >= 0.3 is 0 Å². The highest BCUT2D eigenvalue weighted by atomic mass is 31.2. The average molecular weight is 1140 g/mol. The highest BCUT2D eigenvalue weighted by Crippen LogP contribution is 2.38. The van der Waals surface area contributed by atoms with Crippen LogP contribution >= 0.6 is 7.82 Å². The maximum absolute atomic E-state index is 13.0. The molecule has 0 aromatic rings. The van der Waals surface area contributed by atoms with E-state index < -0.39 is 20.0 Å². The predicted molar refractivity (Wildman–Crippen MR) is 344 cm³/mol. The van der Waals surface area contributed by atoms with Crippen molar-refractivity contribution in [3.63, 3.8) is 0 Å². The fourth-order valence-corrected chi connectivity index (χ4v) is 11.7. The number of nitrogens with one attached hydrogen (secondary N) is 1. The van der Waals surface area contributed by atoms with Crippen LogP contribution in [-0.4, -0.2) is 68.5 Å². The number of quaternary nitrogens is 1. The van der Waals surface area contributed by atoms with E-state index in [9.17, 15) is 19.4 Å². The summed E-state index contributed by atoms with van der Waals surface area (Å²) in [6, 6.07) is -0.901. The average Bonchev–Trinajstić information content (AvgIpc) is 3.42. The fraction of sp³-hybridized carbons (Fsp3) is 0.929. The smallest absolute Gasteiger partial charge is 0.268 e. The van der Waals surface area contributed by atoms with Crippen LogP contribution < -0.4 is 10.2 Å². The van der Waals surface area contributed by atoms with E-state index in [0.29, 0.717) is 17.4 Å². The Morgan fingerprint density at radius 3 is 1.03 bits per heavy atom. The van der Waals surface area contributed by atoms with E-state index in [1.807, 2.05) is 27.2 Å². The van der Waals surface area contributed by atoms with Crippen molar-refractivity contribution in [1.82, 2.24) is 5.32 Å². The normalized spacial score (nSPS) is 13.8. The lowest BCUT2D eigenvalue weighted by Crippen LogP contribution is -2.45. The van der Waals surface area contributed by atoms with E-state index in [1.54, 1.807) is 6.08 Å². The Morgan fingerprint density at radius 2 is 0.709 bits per heavy atom. The molecule has 0 rings (SSSR count). The highest BCUT2D eigenvalue weighted by Gasteiger charge is 2.23. The molecule has 3 atom stereocenters. The first-order valence-corrected chi connectivity index (χ1v) is 36.7. The molecule has 0 saturated heterocycles. The quantitative estimate of drug-likeness (QED) is 0.0272. The van der Waals surface area contributed by atoms with Gasteiger partial charge in [0.25, 0.3) is 7.82 Å². The summed E-state index contributed by atoms with van der Waals surface area (Å²) in [5, 5.41) is 13.9. The molecule has 0 spiro atoms. The summed E-state index contributed by atoms with van der Waals surface area (Å²) in [5.41, 5.74) is 0. The van der Waals surface area contributed by atoms with Gasteiger partial charge in [-0.15, -0.1) is 0 Å². The number of amides is 1. The maximum Gasteiger partial charge on any atom is 0.268 e. The van der Waals surface area contributed by atoms with Gasteiger partial charge in [-0.2, -0.15) is 0 Å². The molecule has 8 nitrogen and oxygen atoms in total. The number of rotatable bonds is 66. The molecular weight excluding hydrogens is 996 g/mol. The molecule has 470 valence electrons. The Labute approximate surface area is 494 Å². The lowest BCUT2D eigenvalue weighted by Gasteiger charge is -2.29. The minimum atomic E-state index is -4.61. The molecule has 0 aliphatic rings. The lowest BCUT2D eigenvalue weighted by molar-refractivity contribution is -0.870. The third-order valence-corrected chi connectivity index (χ3v) is 17.4. The third-order valence-electron chi connectivity index (χ3n) is 16.4. The molecule has 0 aromatic heterocycles. The number of phosphoric acid groups is 1. The van der Waals surface area contributed by atoms with E-state index in [1.165, 1.54) is 308 Å². The Bertz CT molecular complexity index is 1340. The largest absolute Gasteiger partial charge is 0.756 e. The van der Waals surface area contributed by atoms with Gasteiger partial charge in [-0.05, 0) is 32.1 Å². The van der Waals surface area contributed by atoms with Crippen LogP contribution in [0.25, 0.3) is 0 Å². The molecule has 0 aromatic carbocycles. The predicted octanol–water partition coefficient (Wildman–Crippen LogP) is 21.6. The Kier molecular flexibility index (Phi) is 60.7. The maximum atomic E-state index is 13.0. The number of unbranched alkanes of at least 4 members (excludes halogenated alkanes) is 51. The third kappa shape index (κ3) is 64.4. The summed E-state index contributed by atoms with van der Waals surface area (Å²) in [6.45, 7) is 4.69. The molecule has 1 amide bonds. The van der Waals surface area contributed by atoms with Crippen molar-refractivity contribution in [2.75, 3.05) is 40.9 Å². The van der Waals surface area contributed by atoms with Crippen molar-refractivity contribution in [1.29, 1.82) is 0 Å². The Hall–Kier alpha value is -1.02. The summed E-state index contributed by atoms with van der Waals surface area (Å²) in [4.78, 5) is 25.6. The van der Waals surface area contributed by atoms with Crippen LogP contribution in [0.5, 0.6) is 0 Å². The van der Waals surface area contributed by atoms with Gasteiger partial charge in [0, 0.05) is 6.42 Å². The second kappa shape index (κ2) is 61.5. The number of nitrogens with zero attached hydrogens (tertiary/aromatic N) is 1. The van der Waals surface area contributed by atoms with Gasteiger partial charge < -0.3 is 28.8 Å². The summed E-state index contributed by atoms with van der Waals surface area (Å²) in [5.74, 6) is -0.198. The molecule has 0 fully saturated rings. The highest BCUT2D eigenvalue weighted by molar-refractivity contribution is 7.45. The number of carbonyl (C=O) groups is 1. The van der Waals surface area contributed by atoms with Crippen molar-refractivity contribution >= 4 is 13.7 Å². The van der Waals surface area contributed by atoms with E-state index in [2.05, 4.69) is 31.3 Å². The van der Waals surface area contributed by atoms with Crippen molar-refractivity contribution < 1.29 is 32.9 Å². The zero-order valence-electron chi connectivity index (χ0n) is 53.9. The van der Waals surface area contributed by atoms with Gasteiger partial charge in [0.05, 0.1) is 39.9 Å². The van der Waals surface area contributed by atoms with Crippen molar-refractivity contribution in [3.8, 4) is 0 Å². The molecule has 0 bridgehead atoms. The number of phosphoric ester groups is 1. The van der Waals surface area contributed by atoms with Crippen LogP contribution in [-0.2, 0) is 18.4 Å². The first-order valence-electron chi connectivity index (χ1n) is 35.2. The molecule has 9 heteroatoms. The Morgan fingerprint density at radius 1 is 0.430 bits per heavy atom. The SMILES string of the molecule is CCCCCCCCCCCCCCCCCC/C=C/CC/C=C/C(O)C(COP(=O)([O-])OCC[N+](C)(C)C)NC(=O)CCCCCCCCCCCCCCCCCCCCCCCCCCCCCCCCCCCCC. The zero-order valence-corrected chi connectivity index (χ0v) is 54.8. The monoisotopic (exact) mass is 1140 g/mol. The van der Waals surface area contributed by atoms with Crippen molar-refractivity contribution in [3.05, 3.63) is 24.3 Å². The number of hydrogen-bond acceptors (Lipinski definition) is 6. The Balaban J connectivity index is 3.99. The van der Waals surface area contributed by atoms with Gasteiger partial charge in [-0.25, -0.2) is 0 Å². The standard InChI is InChI=1S/C70H139N2O6P/c1-6-8-10-12-14-16-18-20-22-24-26-28-30-31-32-33-34-35-36-37-38-39-40-41-42-44-46-48-50-52-54-56-58-60-62-64-70(74)71-68(67-78-79(75,76)77-66-65-72(3,4)5)69(73)63-61-59-57-55-53-51-49-47-45-43-29-27-25-23-21-19-17-15-13-11-9-7-2/h53,55,61,63,68-69,73H,6-52,54,56-60,62,64-67H2,1-5H3,(H-,71,74,75,76)/b55-53+,63-61+. The topological polar surface area (TPSA) is 108 Å². The molecular formula is C70H139N2O6P. The van der Waals surface area contributed by atoms with Crippen LogP contribution in [0, 0.1) is 0 Å². The molecule has 2 N–H and O–H groups in total. The van der Waals surface area contributed by atoms with Crippen molar-refractivity contribution in [2.45, 2.75) is 379 Å². The first kappa shape index (κ1) is 78.0. The molecule has 0 radical (unpaired) electrons. The number of aliphatic hydroxyl groups is 1.